The molecule has 3 rings (SSSR count). The van der Waals surface area contributed by atoms with E-state index in [0.29, 0.717) is 29.2 Å². The summed E-state index contributed by atoms with van der Waals surface area (Å²) >= 11 is 3.45. The van der Waals surface area contributed by atoms with E-state index in [1.807, 2.05) is 38.1 Å². The van der Waals surface area contributed by atoms with Crippen molar-refractivity contribution in [3.05, 3.63) is 93.5 Å². The van der Waals surface area contributed by atoms with Crippen molar-refractivity contribution < 1.29 is 14.6 Å². The van der Waals surface area contributed by atoms with Crippen LogP contribution in [-0.2, 0) is 6.54 Å². The molecule has 0 heterocycles. The normalized spacial score (nSPS) is 11.5. The number of nitriles is 1. The van der Waals surface area contributed by atoms with Crippen LogP contribution >= 0.6 is 15.9 Å². The third kappa shape index (κ3) is 5.72. The highest BCUT2D eigenvalue weighted by Gasteiger charge is 2.21. The number of amides is 1. The van der Waals surface area contributed by atoms with Gasteiger partial charge in [-0.15, -0.1) is 0 Å². The Labute approximate surface area is 190 Å². The Morgan fingerprint density at radius 3 is 2.52 bits per heavy atom. The second kappa shape index (κ2) is 10.3. The number of rotatable bonds is 7. The van der Waals surface area contributed by atoms with Crippen molar-refractivity contribution in [2.24, 2.45) is 0 Å². The van der Waals surface area contributed by atoms with Crippen molar-refractivity contribution in [2.75, 3.05) is 6.61 Å². The van der Waals surface area contributed by atoms with Crippen LogP contribution in [0.25, 0.3) is 0 Å². The molecule has 5 nitrogen and oxygen atoms in total. The third-order valence-electron chi connectivity index (χ3n) is 4.93. The van der Waals surface area contributed by atoms with Gasteiger partial charge in [-0.25, -0.2) is 0 Å². The summed E-state index contributed by atoms with van der Waals surface area (Å²) in [5.41, 5.74) is 2.92. The quantitative estimate of drug-likeness (QED) is 0.490. The van der Waals surface area contributed by atoms with Gasteiger partial charge in [0.15, 0.2) is 0 Å². The van der Waals surface area contributed by atoms with Crippen molar-refractivity contribution in [2.45, 2.75) is 26.4 Å². The summed E-state index contributed by atoms with van der Waals surface area (Å²) in [4.78, 5) is 14.8. The first-order chi connectivity index (χ1) is 14.9. The molecule has 0 bridgehead atoms. The zero-order chi connectivity index (χ0) is 22.4. The molecule has 0 radical (unpaired) electrons. The number of halogens is 1. The van der Waals surface area contributed by atoms with Crippen molar-refractivity contribution in [1.29, 1.82) is 5.26 Å². The minimum atomic E-state index is -0.330. The lowest BCUT2D eigenvalue weighted by molar-refractivity contribution is 0.0598. The first-order valence-corrected chi connectivity index (χ1v) is 10.7. The Kier molecular flexibility index (Phi) is 7.45. The zero-order valence-electron chi connectivity index (χ0n) is 17.4. The van der Waals surface area contributed by atoms with E-state index in [2.05, 4.69) is 22.0 Å². The molecular weight excluding hydrogens is 456 g/mol. The van der Waals surface area contributed by atoms with E-state index in [9.17, 15) is 9.90 Å². The number of carbonyl (C=O) groups is 1. The minimum Gasteiger partial charge on any atom is -0.457 e. The van der Waals surface area contributed by atoms with E-state index < -0.39 is 0 Å². The predicted molar refractivity (Wildman–Crippen MR) is 123 cm³/mol. The van der Waals surface area contributed by atoms with Crippen LogP contribution in [0.1, 0.15) is 34.0 Å². The lowest BCUT2D eigenvalue weighted by atomic mass is 10.1. The average molecular weight is 479 g/mol. The maximum Gasteiger partial charge on any atom is 0.254 e. The number of carbonyl (C=O) groups excluding carboxylic acids is 1. The summed E-state index contributed by atoms with van der Waals surface area (Å²) in [6.07, 6.45) is 0. The fourth-order valence-corrected chi connectivity index (χ4v) is 3.60. The molecule has 0 aliphatic rings. The van der Waals surface area contributed by atoms with Gasteiger partial charge in [-0.2, -0.15) is 5.26 Å². The van der Waals surface area contributed by atoms with Gasteiger partial charge in [0.05, 0.1) is 24.3 Å². The molecule has 0 saturated carbocycles. The molecule has 0 spiro atoms. The Hall–Kier alpha value is -3.14. The van der Waals surface area contributed by atoms with Crippen LogP contribution in [0.4, 0.5) is 0 Å². The van der Waals surface area contributed by atoms with E-state index in [1.165, 1.54) is 0 Å². The van der Waals surface area contributed by atoms with Gasteiger partial charge < -0.3 is 14.7 Å². The molecule has 158 valence electrons. The molecule has 3 aromatic carbocycles. The van der Waals surface area contributed by atoms with Gasteiger partial charge in [0.25, 0.3) is 5.91 Å². The highest BCUT2D eigenvalue weighted by Crippen LogP contribution is 2.26. The van der Waals surface area contributed by atoms with Gasteiger partial charge in [-0.05, 0) is 79.6 Å². The molecule has 0 aliphatic heterocycles. The van der Waals surface area contributed by atoms with Crippen molar-refractivity contribution in [3.8, 4) is 17.6 Å². The summed E-state index contributed by atoms with van der Waals surface area (Å²) < 4.78 is 6.84. The Morgan fingerprint density at radius 2 is 1.90 bits per heavy atom. The number of hydrogen-bond acceptors (Lipinski definition) is 4. The van der Waals surface area contributed by atoms with Crippen molar-refractivity contribution in [3.63, 3.8) is 0 Å². The first kappa shape index (κ1) is 22.5. The molecule has 6 heteroatoms. The van der Waals surface area contributed by atoms with Crippen LogP contribution in [0.5, 0.6) is 11.5 Å². The van der Waals surface area contributed by atoms with E-state index in [0.717, 1.165) is 15.6 Å². The molecule has 1 amide bonds. The van der Waals surface area contributed by atoms with Gasteiger partial charge in [0.1, 0.15) is 11.5 Å². The maximum absolute atomic E-state index is 13.2. The average Bonchev–Trinajstić information content (AvgIpc) is 2.78. The highest BCUT2D eigenvalue weighted by molar-refractivity contribution is 9.10. The van der Waals surface area contributed by atoms with Crippen LogP contribution in [0.3, 0.4) is 0 Å². The topological polar surface area (TPSA) is 73.6 Å². The largest absolute Gasteiger partial charge is 0.457 e. The number of nitrogens with zero attached hydrogens (tertiary/aromatic N) is 2. The lowest BCUT2D eigenvalue weighted by Gasteiger charge is -2.28. The molecule has 0 aromatic heterocycles. The Bertz CT molecular complexity index is 1110. The van der Waals surface area contributed by atoms with Gasteiger partial charge in [-0.3, -0.25) is 4.79 Å². The number of aryl methyl sites for hydroxylation is 1. The molecule has 31 heavy (non-hydrogen) atoms. The number of ether oxygens (including phenoxy) is 1. The fraction of sp³-hybridized carbons (Fsp3) is 0.200. The second-order valence-electron chi connectivity index (χ2n) is 7.31. The number of hydrogen-bond donors (Lipinski definition) is 1. The van der Waals surface area contributed by atoms with Crippen LogP contribution in [0.15, 0.2) is 71.2 Å². The predicted octanol–water partition coefficient (Wildman–Crippen LogP) is 5.44. The molecule has 1 unspecified atom stereocenters. The minimum absolute atomic E-state index is 0.126. The molecule has 0 aliphatic carbocycles. The van der Waals surface area contributed by atoms with E-state index in [4.69, 9.17) is 10.00 Å². The summed E-state index contributed by atoms with van der Waals surface area (Å²) in [7, 11) is 0. The van der Waals surface area contributed by atoms with Gasteiger partial charge in [0, 0.05) is 16.6 Å². The van der Waals surface area contributed by atoms with E-state index in [1.54, 1.807) is 47.4 Å². The zero-order valence-corrected chi connectivity index (χ0v) is 19.0. The second-order valence-corrected chi connectivity index (χ2v) is 8.23. The van der Waals surface area contributed by atoms with Gasteiger partial charge in [-0.1, -0.05) is 28.1 Å². The lowest BCUT2D eigenvalue weighted by Crippen LogP contribution is -2.40. The molecule has 0 fully saturated rings. The molecular formula is C25H23BrN2O3. The van der Waals surface area contributed by atoms with Crippen LogP contribution < -0.4 is 4.74 Å². The monoisotopic (exact) mass is 478 g/mol. The number of aliphatic hydroxyl groups is 1. The van der Waals surface area contributed by atoms with Gasteiger partial charge in [0.2, 0.25) is 0 Å². The van der Waals surface area contributed by atoms with Crippen LogP contribution in [0, 0.1) is 18.3 Å². The first-order valence-electron chi connectivity index (χ1n) is 9.86. The fourth-order valence-electron chi connectivity index (χ4n) is 3.15. The highest BCUT2D eigenvalue weighted by atomic mass is 79.9. The van der Waals surface area contributed by atoms with E-state index >= 15 is 0 Å². The third-order valence-corrected chi connectivity index (χ3v) is 5.43. The van der Waals surface area contributed by atoms with Gasteiger partial charge >= 0.3 is 0 Å². The number of benzene rings is 3. The smallest absolute Gasteiger partial charge is 0.254 e. The summed E-state index contributed by atoms with van der Waals surface area (Å²) in [6, 6.07) is 21.7. The molecule has 1 N–H and O–H groups in total. The summed E-state index contributed by atoms with van der Waals surface area (Å²) in [5, 5.41) is 18.7. The Balaban J connectivity index is 1.77. The Morgan fingerprint density at radius 1 is 1.16 bits per heavy atom. The van der Waals surface area contributed by atoms with Crippen LogP contribution in [0.2, 0.25) is 0 Å². The molecule has 1 atom stereocenters. The SMILES string of the molecule is Cc1cc(C#N)ccc1Oc1ccc(C(=O)N(Cc2cccc(Br)c2)C(C)CO)cc1. The van der Waals surface area contributed by atoms with Crippen molar-refractivity contribution in [1.82, 2.24) is 4.90 Å². The van der Waals surface area contributed by atoms with E-state index in [-0.39, 0.29) is 18.6 Å². The summed E-state index contributed by atoms with van der Waals surface area (Å²) in [5.74, 6) is 1.09. The van der Waals surface area contributed by atoms with Crippen LogP contribution in [-0.4, -0.2) is 28.6 Å². The number of aliphatic hydroxyl groups excluding tert-OH is 1. The maximum atomic E-state index is 13.2. The van der Waals surface area contributed by atoms with Crippen molar-refractivity contribution >= 4 is 21.8 Å². The molecule has 3 aromatic rings. The molecule has 0 saturated heterocycles. The standard InChI is InChI=1S/C25H23BrN2O3/c1-17-12-19(14-27)6-11-24(17)31-23-9-7-21(8-10-23)25(30)28(18(2)16-29)15-20-4-3-5-22(26)13-20/h3-13,18,29H,15-16H2,1-2H3. The summed E-state index contributed by atoms with van der Waals surface area (Å²) in [6.45, 7) is 3.97.